The van der Waals surface area contributed by atoms with Gasteiger partial charge in [-0.3, -0.25) is 4.79 Å². The predicted molar refractivity (Wildman–Crippen MR) is 86.1 cm³/mol. The maximum absolute atomic E-state index is 12.2. The first kappa shape index (κ1) is 15.7. The molecule has 0 spiro atoms. The molecule has 2 aromatic rings. The quantitative estimate of drug-likeness (QED) is 0.663. The summed E-state index contributed by atoms with van der Waals surface area (Å²) in [7, 11) is 1.51. The number of phenolic OH excluding ortho intramolecular Hbond substituents is 2. The molecule has 0 heterocycles. The lowest BCUT2D eigenvalue weighted by atomic mass is 10.1. The zero-order valence-electron chi connectivity index (χ0n) is 10.9. The first-order chi connectivity index (χ1) is 9.92. The van der Waals surface area contributed by atoms with Crippen molar-refractivity contribution in [1.29, 1.82) is 0 Å². The molecule has 0 saturated heterocycles. The van der Waals surface area contributed by atoms with Gasteiger partial charge in [0.05, 0.1) is 22.8 Å². The average Bonchev–Trinajstić information content (AvgIpc) is 2.44. The topological polar surface area (TPSA) is 78.8 Å². The number of amides is 1. The summed E-state index contributed by atoms with van der Waals surface area (Å²) in [6, 6.07) is 7.10. The molecule has 110 valence electrons. The zero-order valence-corrected chi connectivity index (χ0v) is 14.0. The third-order valence-corrected chi connectivity index (χ3v) is 3.99. The molecule has 0 atom stereocenters. The van der Waals surface area contributed by atoms with Gasteiger partial charge in [-0.15, -0.1) is 0 Å². The van der Waals surface area contributed by atoms with Crippen molar-refractivity contribution in [1.82, 2.24) is 0 Å². The maximum atomic E-state index is 12.2. The molecular weight excluding hydrogens is 406 g/mol. The summed E-state index contributed by atoms with van der Waals surface area (Å²) in [6.45, 7) is 0. The Morgan fingerprint density at radius 3 is 2.52 bits per heavy atom. The van der Waals surface area contributed by atoms with Crippen LogP contribution in [0.15, 0.2) is 39.3 Å². The zero-order chi connectivity index (χ0) is 15.6. The number of phenols is 2. The van der Waals surface area contributed by atoms with E-state index in [1.54, 1.807) is 12.1 Å². The van der Waals surface area contributed by atoms with Crippen molar-refractivity contribution in [3.05, 3.63) is 44.8 Å². The third-order valence-electron chi connectivity index (χ3n) is 2.71. The molecule has 1 amide bonds. The Kier molecular flexibility index (Phi) is 4.74. The van der Waals surface area contributed by atoms with Crippen LogP contribution in [0.1, 0.15) is 10.4 Å². The van der Waals surface area contributed by atoms with Gasteiger partial charge in [0.1, 0.15) is 17.2 Å². The molecule has 0 aliphatic heterocycles. The van der Waals surface area contributed by atoms with Gasteiger partial charge in [0.15, 0.2) is 0 Å². The molecule has 2 aromatic carbocycles. The summed E-state index contributed by atoms with van der Waals surface area (Å²) in [5.74, 6) is -0.321. The highest BCUT2D eigenvalue weighted by Crippen LogP contribution is 2.35. The van der Waals surface area contributed by atoms with Crippen LogP contribution in [-0.4, -0.2) is 23.2 Å². The van der Waals surface area contributed by atoms with Gasteiger partial charge in [0.2, 0.25) is 0 Å². The largest absolute Gasteiger partial charge is 0.508 e. The molecule has 2 rings (SSSR count). The number of ether oxygens (including phenoxy) is 1. The van der Waals surface area contributed by atoms with Crippen LogP contribution in [0.25, 0.3) is 0 Å². The molecular formula is C14H11Br2NO4. The van der Waals surface area contributed by atoms with E-state index in [1.165, 1.54) is 25.3 Å². The van der Waals surface area contributed by atoms with E-state index >= 15 is 0 Å². The molecule has 0 saturated carbocycles. The highest BCUT2D eigenvalue weighted by atomic mass is 79.9. The Labute approximate surface area is 137 Å². The highest BCUT2D eigenvalue weighted by molar-refractivity contribution is 9.11. The Balaban J connectivity index is 2.33. The van der Waals surface area contributed by atoms with Gasteiger partial charge in [-0.25, -0.2) is 0 Å². The standard InChI is InChI=1S/C14H11Br2NO4/c1-21-13-6-11(9(15)5-10(13)16)17-14(20)8-4-7(18)2-3-12(8)19/h2-6,18-19H,1H3,(H,17,20). The van der Waals surface area contributed by atoms with Gasteiger partial charge in [-0.05, 0) is 56.1 Å². The second-order valence-corrected chi connectivity index (χ2v) is 5.83. The number of hydrogen-bond acceptors (Lipinski definition) is 4. The molecule has 0 aliphatic carbocycles. The molecule has 3 N–H and O–H groups in total. The number of carbonyl (C=O) groups is 1. The molecule has 21 heavy (non-hydrogen) atoms. The number of nitrogens with one attached hydrogen (secondary N) is 1. The number of aromatic hydroxyl groups is 2. The van der Waals surface area contributed by atoms with E-state index < -0.39 is 5.91 Å². The van der Waals surface area contributed by atoms with Crippen LogP contribution in [-0.2, 0) is 0 Å². The number of methoxy groups -OCH3 is 1. The van der Waals surface area contributed by atoms with E-state index in [0.29, 0.717) is 15.9 Å². The summed E-state index contributed by atoms with van der Waals surface area (Å²) in [5.41, 5.74) is 0.451. The lowest BCUT2D eigenvalue weighted by Crippen LogP contribution is -2.12. The van der Waals surface area contributed by atoms with Gasteiger partial charge in [0, 0.05) is 10.5 Å². The number of carbonyl (C=O) groups excluding carboxylic acids is 1. The number of halogens is 2. The van der Waals surface area contributed by atoms with Gasteiger partial charge in [-0.1, -0.05) is 0 Å². The van der Waals surface area contributed by atoms with Crippen LogP contribution >= 0.6 is 31.9 Å². The summed E-state index contributed by atoms with van der Waals surface area (Å²) in [4.78, 5) is 12.2. The second-order valence-electron chi connectivity index (χ2n) is 4.12. The molecule has 0 bridgehead atoms. The lowest BCUT2D eigenvalue weighted by Gasteiger charge is -2.11. The van der Waals surface area contributed by atoms with Crippen LogP contribution in [0.2, 0.25) is 0 Å². The van der Waals surface area contributed by atoms with Gasteiger partial charge < -0.3 is 20.3 Å². The average molecular weight is 417 g/mol. The lowest BCUT2D eigenvalue weighted by molar-refractivity contribution is 0.102. The molecule has 0 radical (unpaired) electrons. The Bertz CT molecular complexity index is 704. The Morgan fingerprint density at radius 1 is 1.14 bits per heavy atom. The smallest absolute Gasteiger partial charge is 0.259 e. The van der Waals surface area contributed by atoms with Crippen molar-refractivity contribution in [3.8, 4) is 17.2 Å². The number of hydrogen-bond donors (Lipinski definition) is 3. The van der Waals surface area contributed by atoms with E-state index in [4.69, 9.17) is 4.74 Å². The highest BCUT2D eigenvalue weighted by Gasteiger charge is 2.15. The minimum Gasteiger partial charge on any atom is -0.508 e. The van der Waals surface area contributed by atoms with Crippen molar-refractivity contribution in [2.24, 2.45) is 0 Å². The van der Waals surface area contributed by atoms with Gasteiger partial charge in [0.25, 0.3) is 5.91 Å². The minimum absolute atomic E-state index is 0.0243. The number of benzene rings is 2. The fourth-order valence-corrected chi connectivity index (χ4v) is 2.93. The normalized spacial score (nSPS) is 10.2. The SMILES string of the molecule is COc1cc(NC(=O)c2cc(O)ccc2O)c(Br)cc1Br. The molecule has 0 aromatic heterocycles. The van der Waals surface area contributed by atoms with Crippen LogP contribution < -0.4 is 10.1 Å². The van der Waals surface area contributed by atoms with Crippen molar-refractivity contribution in [2.75, 3.05) is 12.4 Å². The summed E-state index contributed by atoms with van der Waals surface area (Å²) in [6.07, 6.45) is 0. The number of anilines is 1. The van der Waals surface area contributed by atoms with Gasteiger partial charge in [-0.2, -0.15) is 0 Å². The van der Waals surface area contributed by atoms with Crippen LogP contribution in [0.3, 0.4) is 0 Å². The van der Waals surface area contributed by atoms with Gasteiger partial charge >= 0.3 is 0 Å². The summed E-state index contributed by atoms with van der Waals surface area (Å²) < 4.78 is 6.54. The second kappa shape index (κ2) is 6.36. The van der Waals surface area contributed by atoms with Crippen LogP contribution in [0.5, 0.6) is 17.2 Å². The maximum Gasteiger partial charge on any atom is 0.259 e. The molecule has 0 fully saturated rings. The van der Waals surface area contributed by atoms with E-state index in [1.807, 2.05) is 0 Å². The fourth-order valence-electron chi connectivity index (χ4n) is 1.68. The molecule has 7 heteroatoms. The van der Waals surface area contributed by atoms with E-state index in [-0.39, 0.29) is 17.1 Å². The van der Waals surface area contributed by atoms with Crippen molar-refractivity contribution in [2.45, 2.75) is 0 Å². The van der Waals surface area contributed by atoms with E-state index in [9.17, 15) is 15.0 Å². The van der Waals surface area contributed by atoms with Crippen LogP contribution in [0.4, 0.5) is 5.69 Å². The van der Waals surface area contributed by atoms with Crippen molar-refractivity contribution >= 4 is 43.5 Å². The van der Waals surface area contributed by atoms with Crippen LogP contribution in [0, 0.1) is 0 Å². The Hall–Kier alpha value is -1.73. The van der Waals surface area contributed by atoms with Crippen molar-refractivity contribution < 1.29 is 19.7 Å². The third kappa shape index (κ3) is 3.48. The predicted octanol–water partition coefficient (Wildman–Crippen LogP) is 3.88. The summed E-state index contributed by atoms with van der Waals surface area (Å²) >= 11 is 6.67. The monoisotopic (exact) mass is 415 g/mol. The molecule has 0 aliphatic rings. The first-order valence-corrected chi connectivity index (χ1v) is 7.37. The molecule has 5 nitrogen and oxygen atoms in total. The first-order valence-electron chi connectivity index (χ1n) is 5.78. The van der Waals surface area contributed by atoms with Crippen molar-refractivity contribution in [3.63, 3.8) is 0 Å². The summed E-state index contributed by atoms with van der Waals surface area (Å²) in [5, 5.41) is 21.7. The Morgan fingerprint density at radius 2 is 1.86 bits per heavy atom. The number of rotatable bonds is 3. The van der Waals surface area contributed by atoms with E-state index in [0.717, 1.165) is 4.47 Å². The fraction of sp³-hybridized carbons (Fsp3) is 0.0714. The molecule has 0 unspecified atom stereocenters. The van der Waals surface area contributed by atoms with E-state index in [2.05, 4.69) is 37.2 Å². The minimum atomic E-state index is -0.548.